The highest BCUT2D eigenvalue weighted by Crippen LogP contribution is 2.23. The predicted octanol–water partition coefficient (Wildman–Crippen LogP) is 2.55. The second kappa shape index (κ2) is 6.26. The largest absolute Gasteiger partial charge is 0.291 e. The summed E-state index contributed by atoms with van der Waals surface area (Å²) in [6, 6.07) is 5.13. The number of carbonyl (C=O) groups is 1. The van der Waals surface area contributed by atoms with Gasteiger partial charge in [-0.3, -0.25) is 9.78 Å². The predicted molar refractivity (Wildman–Crippen MR) is 73.6 cm³/mol. The van der Waals surface area contributed by atoms with E-state index in [1.165, 1.54) is 24.8 Å². The van der Waals surface area contributed by atoms with Crippen molar-refractivity contribution in [2.75, 3.05) is 0 Å². The van der Waals surface area contributed by atoms with E-state index >= 15 is 0 Å². The first-order chi connectivity index (χ1) is 9.18. The van der Waals surface area contributed by atoms with Gasteiger partial charge in [0.05, 0.1) is 22.5 Å². The Balaban J connectivity index is 2.05. The number of halogens is 2. The number of benzene rings is 1. The van der Waals surface area contributed by atoms with Crippen molar-refractivity contribution >= 4 is 35.3 Å². The summed E-state index contributed by atoms with van der Waals surface area (Å²) in [4.78, 5) is 19.2. The third-order valence-electron chi connectivity index (χ3n) is 2.15. The quantitative estimate of drug-likeness (QED) is 0.699. The van der Waals surface area contributed by atoms with E-state index in [2.05, 4.69) is 20.5 Å². The first kappa shape index (κ1) is 13.5. The summed E-state index contributed by atoms with van der Waals surface area (Å²) in [6.45, 7) is 0. The van der Waals surface area contributed by atoms with Crippen molar-refractivity contribution in [3.8, 4) is 0 Å². The number of nitrogens with one attached hydrogen (secondary N) is 1. The standard InChI is InChI=1S/C12H8Cl2N4O/c13-9-3-1-2-8(11(9)14)6-17-18-12(19)10-7-15-4-5-16-10/h1-7H,(H,18,19). The summed E-state index contributed by atoms with van der Waals surface area (Å²) in [5.41, 5.74) is 3.10. The number of hydrogen-bond donors (Lipinski definition) is 1. The Labute approximate surface area is 119 Å². The van der Waals surface area contributed by atoms with Crippen molar-refractivity contribution in [1.29, 1.82) is 0 Å². The first-order valence-corrected chi connectivity index (χ1v) is 5.97. The van der Waals surface area contributed by atoms with Gasteiger partial charge in [-0.1, -0.05) is 35.3 Å². The Bertz CT molecular complexity index is 616. The lowest BCUT2D eigenvalue weighted by Gasteiger charge is -2.00. The molecule has 1 heterocycles. The van der Waals surface area contributed by atoms with Crippen LogP contribution in [0, 0.1) is 0 Å². The SMILES string of the molecule is O=C(NN=Cc1cccc(Cl)c1Cl)c1cnccn1. The van der Waals surface area contributed by atoms with Crippen LogP contribution in [0.1, 0.15) is 16.1 Å². The molecule has 0 aliphatic rings. The van der Waals surface area contributed by atoms with Crippen LogP contribution in [0.3, 0.4) is 0 Å². The molecule has 1 aromatic carbocycles. The lowest BCUT2D eigenvalue weighted by molar-refractivity contribution is 0.0950. The molecule has 2 aromatic rings. The fraction of sp³-hybridized carbons (Fsp3) is 0. The fourth-order valence-corrected chi connectivity index (χ4v) is 1.61. The summed E-state index contributed by atoms with van der Waals surface area (Å²) in [6.07, 6.45) is 5.65. The van der Waals surface area contributed by atoms with Gasteiger partial charge in [-0.05, 0) is 6.07 Å². The van der Waals surface area contributed by atoms with Crippen LogP contribution in [-0.2, 0) is 0 Å². The third kappa shape index (κ3) is 3.49. The number of aromatic nitrogens is 2. The monoisotopic (exact) mass is 294 g/mol. The van der Waals surface area contributed by atoms with E-state index in [4.69, 9.17) is 23.2 Å². The zero-order valence-corrected chi connectivity index (χ0v) is 11.1. The lowest BCUT2D eigenvalue weighted by atomic mass is 10.2. The second-order valence-corrected chi connectivity index (χ2v) is 4.22. The molecule has 0 atom stereocenters. The topological polar surface area (TPSA) is 67.2 Å². The van der Waals surface area contributed by atoms with Gasteiger partial charge >= 0.3 is 0 Å². The lowest BCUT2D eigenvalue weighted by Crippen LogP contribution is -2.19. The van der Waals surface area contributed by atoms with Gasteiger partial charge in [-0.25, -0.2) is 10.4 Å². The minimum absolute atomic E-state index is 0.178. The summed E-state index contributed by atoms with van der Waals surface area (Å²) in [5, 5.41) is 4.58. The number of amides is 1. The van der Waals surface area contributed by atoms with Crippen LogP contribution < -0.4 is 5.43 Å². The maximum absolute atomic E-state index is 11.6. The number of carbonyl (C=O) groups excluding carboxylic acids is 1. The highest BCUT2D eigenvalue weighted by atomic mass is 35.5. The molecule has 2 rings (SSSR count). The van der Waals surface area contributed by atoms with Crippen LogP contribution in [0.15, 0.2) is 41.9 Å². The molecule has 0 aliphatic heterocycles. The Morgan fingerprint density at radius 3 is 2.89 bits per heavy atom. The number of hydrazone groups is 1. The Morgan fingerprint density at radius 2 is 2.16 bits per heavy atom. The molecule has 0 unspecified atom stereocenters. The number of rotatable bonds is 3. The molecule has 1 amide bonds. The molecule has 0 spiro atoms. The molecular formula is C12H8Cl2N4O. The summed E-state index contributed by atoms with van der Waals surface area (Å²) in [7, 11) is 0. The average Bonchev–Trinajstić information content (AvgIpc) is 2.44. The normalized spacial score (nSPS) is 10.6. The molecule has 1 aromatic heterocycles. The van der Waals surface area contributed by atoms with E-state index in [1.807, 2.05) is 0 Å². The molecule has 7 heteroatoms. The molecule has 1 N–H and O–H groups in total. The zero-order valence-electron chi connectivity index (χ0n) is 9.55. The fourth-order valence-electron chi connectivity index (χ4n) is 1.25. The molecule has 0 saturated heterocycles. The molecule has 0 radical (unpaired) electrons. The molecule has 0 fully saturated rings. The van der Waals surface area contributed by atoms with Crippen molar-refractivity contribution in [2.45, 2.75) is 0 Å². The number of nitrogens with zero attached hydrogens (tertiary/aromatic N) is 3. The Morgan fingerprint density at radius 1 is 1.32 bits per heavy atom. The van der Waals surface area contributed by atoms with Crippen LogP contribution in [0.2, 0.25) is 10.0 Å². The number of hydrogen-bond acceptors (Lipinski definition) is 4. The van der Waals surface area contributed by atoms with Crippen LogP contribution in [0.25, 0.3) is 0 Å². The maximum Gasteiger partial charge on any atom is 0.291 e. The molecular weight excluding hydrogens is 287 g/mol. The van der Waals surface area contributed by atoms with Crippen molar-refractivity contribution in [3.05, 3.63) is 58.1 Å². The van der Waals surface area contributed by atoms with E-state index in [0.717, 1.165) is 0 Å². The Kier molecular flexibility index (Phi) is 4.43. The van der Waals surface area contributed by atoms with Gasteiger partial charge in [-0.2, -0.15) is 5.10 Å². The van der Waals surface area contributed by atoms with Crippen LogP contribution in [0.5, 0.6) is 0 Å². The minimum atomic E-state index is -0.456. The van der Waals surface area contributed by atoms with E-state index < -0.39 is 5.91 Å². The van der Waals surface area contributed by atoms with E-state index in [0.29, 0.717) is 15.6 Å². The molecule has 5 nitrogen and oxygen atoms in total. The third-order valence-corrected chi connectivity index (χ3v) is 2.98. The van der Waals surface area contributed by atoms with Crippen molar-refractivity contribution in [3.63, 3.8) is 0 Å². The van der Waals surface area contributed by atoms with Crippen LogP contribution in [0.4, 0.5) is 0 Å². The average molecular weight is 295 g/mol. The van der Waals surface area contributed by atoms with Gasteiger partial charge in [0.2, 0.25) is 0 Å². The van der Waals surface area contributed by atoms with Gasteiger partial charge in [0.15, 0.2) is 0 Å². The van der Waals surface area contributed by atoms with Crippen molar-refractivity contribution in [2.24, 2.45) is 5.10 Å². The van der Waals surface area contributed by atoms with Gasteiger partial charge < -0.3 is 0 Å². The molecule has 0 bridgehead atoms. The smallest absolute Gasteiger partial charge is 0.265 e. The highest BCUT2D eigenvalue weighted by molar-refractivity contribution is 6.43. The zero-order chi connectivity index (χ0) is 13.7. The van der Waals surface area contributed by atoms with E-state index in [-0.39, 0.29) is 5.69 Å². The molecule has 0 aliphatic carbocycles. The van der Waals surface area contributed by atoms with Crippen LogP contribution >= 0.6 is 23.2 Å². The summed E-state index contributed by atoms with van der Waals surface area (Å²) in [5.74, 6) is -0.456. The van der Waals surface area contributed by atoms with Gasteiger partial charge in [-0.15, -0.1) is 0 Å². The van der Waals surface area contributed by atoms with Gasteiger partial charge in [0, 0.05) is 18.0 Å². The summed E-state index contributed by atoms with van der Waals surface area (Å²) < 4.78 is 0. The van der Waals surface area contributed by atoms with Crippen molar-refractivity contribution in [1.82, 2.24) is 15.4 Å². The highest BCUT2D eigenvalue weighted by Gasteiger charge is 2.05. The maximum atomic E-state index is 11.6. The van der Waals surface area contributed by atoms with Crippen LogP contribution in [-0.4, -0.2) is 22.1 Å². The van der Waals surface area contributed by atoms with E-state index in [1.54, 1.807) is 18.2 Å². The molecule has 19 heavy (non-hydrogen) atoms. The first-order valence-electron chi connectivity index (χ1n) is 5.22. The minimum Gasteiger partial charge on any atom is -0.265 e. The molecule has 96 valence electrons. The van der Waals surface area contributed by atoms with Gasteiger partial charge in [0.25, 0.3) is 5.91 Å². The Hall–Kier alpha value is -1.98. The van der Waals surface area contributed by atoms with Crippen molar-refractivity contribution < 1.29 is 4.79 Å². The molecule has 0 saturated carbocycles. The second-order valence-electron chi connectivity index (χ2n) is 3.43. The van der Waals surface area contributed by atoms with Gasteiger partial charge in [0.1, 0.15) is 5.69 Å². The summed E-state index contributed by atoms with van der Waals surface area (Å²) >= 11 is 11.8. The van der Waals surface area contributed by atoms with E-state index in [9.17, 15) is 4.79 Å².